The maximum Gasteiger partial charge on any atom is 0.330 e. The van der Waals surface area contributed by atoms with Crippen LogP contribution in [0.2, 0.25) is 0 Å². The first-order valence-electron chi connectivity index (χ1n) is 6.46. The van der Waals surface area contributed by atoms with Crippen LogP contribution in [0.1, 0.15) is 18.1 Å². The number of ether oxygens (including phenoxy) is 1. The summed E-state index contributed by atoms with van der Waals surface area (Å²) in [6.45, 7) is 4.01. The van der Waals surface area contributed by atoms with Crippen LogP contribution < -0.4 is 0 Å². The van der Waals surface area contributed by atoms with Gasteiger partial charge in [-0.05, 0) is 19.4 Å². The number of benzene rings is 1. The topological polar surface area (TPSA) is 46.6 Å². The van der Waals surface area contributed by atoms with Gasteiger partial charge in [-0.15, -0.1) is 11.8 Å². The Morgan fingerprint density at radius 2 is 2.00 bits per heavy atom. The van der Waals surface area contributed by atoms with E-state index in [4.69, 9.17) is 4.74 Å². The standard InChI is InChI=1S/C14H18BNO3S/c1-9-4-6-10(7-5-9)14(2)11(12(17)19-3)16(8-20-14)13(15)18/h4-7,11H,8,15H2,1-3H3. The number of hydrogen-bond donors (Lipinski definition) is 0. The average Bonchev–Trinajstić information content (AvgIpc) is 2.77. The summed E-state index contributed by atoms with van der Waals surface area (Å²) in [5.74, 6) is 0.0245. The molecule has 1 aromatic carbocycles. The maximum atomic E-state index is 12.2. The summed E-state index contributed by atoms with van der Waals surface area (Å²) in [5.41, 5.74) is 2.20. The van der Waals surface area contributed by atoms with Crippen molar-refractivity contribution in [3.05, 3.63) is 35.4 Å². The van der Waals surface area contributed by atoms with Gasteiger partial charge in [0.1, 0.15) is 6.04 Å². The van der Waals surface area contributed by atoms with Crippen molar-refractivity contribution in [3.8, 4) is 0 Å². The Bertz CT molecular complexity index is 534. The zero-order chi connectivity index (χ0) is 14.9. The molecule has 20 heavy (non-hydrogen) atoms. The number of carbonyl (C=O) groups is 2. The molecule has 106 valence electrons. The second-order valence-corrected chi connectivity index (χ2v) is 6.56. The molecule has 0 N–H and O–H groups in total. The summed E-state index contributed by atoms with van der Waals surface area (Å²) in [5, 5.41) is 0. The monoisotopic (exact) mass is 291 g/mol. The van der Waals surface area contributed by atoms with Crippen molar-refractivity contribution in [3.63, 3.8) is 0 Å². The van der Waals surface area contributed by atoms with Gasteiger partial charge in [0, 0.05) is 0 Å². The van der Waals surface area contributed by atoms with E-state index >= 15 is 0 Å². The lowest BCUT2D eigenvalue weighted by molar-refractivity contribution is -0.146. The molecule has 0 radical (unpaired) electrons. The molecule has 2 atom stereocenters. The normalized spacial score (nSPS) is 25.6. The second kappa shape index (κ2) is 5.52. The summed E-state index contributed by atoms with van der Waals surface area (Å²) in [6, 6.07) is 7.49. The highest BCUT2D eigenvalue weighted by Gasteiger charge is 2.51. The van der Waals surface area contributed by atoms with Gasteiger partial charge in [0.2, 0.25) is 7.85 Å². The second-order valence-electron chi connectivity index (χ2n) is 5.16. The number of nitrogens with zero attached hydrogens (tertiary/aromatic N) is 1. The number of carbonyl (C=O) groups excluding carboxylic acids is 2. The van der Waals surface area contributed by atoms with Crippen LogP contribution in [0.4, 0.5) is 4.79 Å². The molecule has 2 rings (SSSR count). The molecule has 2 unspecified atom stereocenters. The van der Waals surface area contributed by atoms with Crippen LogP contribution in [0.3, 0.4) is 0 Å². The molecule has 4 nitrogen and oxygen atoms in total. The van der Waals surface area contributed by atoms with Gasteiger partial charge in [-0.25, -0.2) is 4.79 Å². The van der Waals surface area contributed by atoms with Gasteiger partial charge in [-0.3, -0.25) is 4.79 Å². The van der Waals surface area contributed by atoms with Gasteiger partial charge < -0.3 is 9.64 Å². The third kappa shape index (κ3) is 2.44. The number of esters is 1. The molecule has 0 spiro atoms. The van der Waals surface area contributed by atoms with E-state index < -0.39 is 10.8 Å². The van der Waals surface area contributed by atoms with Crippen LogP contribution in [-0.2, 0) is 14.3 Å². The van der Waals surface area contributed by atoms with Gasteiger partial charge in [0.25, 0.3) is 0 Å². The Labute approximate surface area is 124 Å². The number of amides is 1. The van der Waals surface area contributed by atoms with E-state index in [1.807, 2.05) is 38.1 Å². The molecular weight excluding hydrogens is 273 g/mol. The molecule has 1 amide bonds. The fourth-order valence-electron chi connectivity index (χ4n) is 2.52. The van der Waals surface area contributed by atoms with E-state index in [0.29, 0.717) is 5.88 Å². The van der Waals surface area contributed by atoms with E-state index in [0.717, 1.165) is 5.56 Å². The summed E-state index contributed by atoms with van der Waals surface area (Å²) in [4.78, 5) is 25.5. The number of hydrogen-bond acceptors (Lipinski definition) is 4. The van der Waals surface area contributed by atoms with Gasteiger partial charge in [-0.2, -0.15) is 0 Å². The largest absolute Gasteiger partial charge is 0.467 e. The quantitative estimate of drug-likeness (QED) is 0.612. The lowest BCUT2D eigenvalue weighted by Gasteiger charge is -2.32. The van der Waals surface area contributed by atoms with Crippen molar-refractivity contribution in [2.45, 2.75) is 24.6 Å². The van der Waals surface area contributed by atoms with E-state index in [2.05, 4.69) is 0 Å². The maximum absolute atomic E-state index is 12.2. The Balaban J connectivity index is 2.44. The minimum Gasteiger partial charge on any atom is -0.467 e. The predicted octanol–water partition coefficient (Wildman–Crippen LogP) is 1.51. The molecular formula is C14H18BNO3S. The Morgan fingerprint density at radius 3 is 2.50 bits per heavy atom. The highest BCUT2D eigenvalue weighted by Crippen LogP contribution is 2.47. The fraction of sp³-hybridized carbons (Fsp3) is 0.429. The van der Waals surface area contributed by atoms with Gasteiger partial charge >= 0.3 is 5.97 Å². The highest BCUT2D eigenvalue weighted by molar-refractivity contribution is 8.00. The van der Waals surface area contributed by atoms with Crippen LogP contribution in [0.15, 0.2) is 24.3 Å². The van der Waals surface area contributed by atoms with Crippen LogP contribution in [0, 0.1) is 6.92 Å². The molecule has 6 heteroatoms. The van der Waals surface area contributed by atoms with E-state index in [1.54, 1.807) is 16.7 Å². The van der Waals surface area contributed by atoms with Crippen molar-refractivity contribution in [1.82, 2.24) is 4.90 Å². The van der Waals surface area contributed by atoms with Gasteiger partial charge in [0.15, 0.2) is 5.81 Å². The van der Waals surface area contributed by atoms with Crippen molar-refractivity contribution in [1.29, 1.82) is 0 Å². The summed E-state index contributed by atoms with van der Waals surface area (Å²) >= 11 is 1.60. The first-order valence-corrected chi connectivity index (χ1v) is 7.45. The molecule has 0 bridgehead atoms. The first kappa shape index (κ1) is 15.0. The molecule has 1 aliphatic heterocycles. The smallest absolute Gasteiger partial charge is 0.330 e. The molecule has 0 aliphatic carbocycles. The molecule has 1 saturated heterocycles. The SMILES string of the molecule is BC(=O)N1CSC(C)(c2ccc(C)cc2)C1C(=O)OC. The Hall–Kier alpha value is -1.43. The predicted molar refractivity (Wildman–Crippen MR) is 82.6 cm³/mol. The molecule has 1 fully saturated rings. The third-order valence-electron chi connectivity index (χ3n) is 3.79. The van der Waals surface area contributed by atoms with E-state index in [-0.39, 0.29) is 11.8 Å². The van der Waals surface area contributed by atoms with E-state index in [9.17, 15) is 9.59 Å². The molecule has 1 aliphatic rings. The van der Waals surface area contributed by atoms with Gasteiger partial charge in [0.05, 0.1) is 17.7 Å². The minimum atomic E-state index is -0.585. The zero-order valence-electron chi connectivity index (χ0n) is 12.2. The van der Waals surface area contributed by atoms with Crippen LogP contribution in [-0.4, -0.2) is 43.6 Å². The zero-order valence-corrected chi connectivity index (χ0v) is 13.0. The van der Waals surface area contributed by atoms with Crippen molar-refractivity contribution in [2.24, 2.45) is 0 Å². The third-order valence-corrected chi connectivity index (χ3v) is 5.26. The summed E-state index contributed by atoms with van der Waals surface area (Å²) < 4.78 is 4.43. The lowest BCUT2D eigenvalue weighted by Crippen LogP contribution is -2.49. The number of aryl methyl sites for hydroxylation is 1. The van der Waals surface area contributed by atoms with E-state index in [1.165, 1.54) is 20.5 Å². The Kier molecular flexibility index (Phi) is 4.13. The fourth-order valence-corrected chi connectivity index (χ4v) is 3.94. The van der Waals surface area contributed by atoms with Crippen LogP contribution >= 0.6 is 11.8 Å². The van der Waals surface area contributed by atoms with Crippen LogP contribution in [0.5, 0.6) is 0 Å². The molecule has 0 saturated carbocycles. The summed E-state index contributed by atoms with van der Waals surface area (Å²) in [7, 11) is 2.84. The highest BCUT2D eigenvalue weighted by atomic mass is 32.2. The molecule has 0 aromatic heterocycles. The number of rotatable bonds is 2. The van der Waals surface area contributed by atoms with Crippen LogP contribution in [0.25, 0.3) is 0 Å². The lowest BCUT2D eigenvalue weighted by atomic mass is 9.89. The minimum absolute atomic E-state index is 0.108. The molecule has 1 heterocycles. The average molecular weight is 291 g/mol. The van der Waals surface area contributed by atoms with Gasteiger partial charge in [-0.1, -0.05) is 29.8 Å². The number of thioether (sulfide) groups is 1. The Morgan fingerprint density at radius 1 is 1.40 bits per heavy atom. The summed E-state index contributed by atoms with van der Waals surface area (Å²) in [6.07, 6.45) is 0. The number of methoxy groups -OCH3 is 1. The van der Waals surface area contributed by atoms with Crippen molar-refractivity contribution >= 4 is 31.4 Å². The first-order chi connectivity index (χ1) is 9.40. The van der Waals surface area contributed by atoms with Crippen molar-refractivity contribution in [2.75, 3.05) is 13.0 Å². The molecule has 1 aromatic rings. The van der Waals surface area contributed by atoms with Crippen molar-refractivity contribution < 1.29 is 14.3 Å².